The molecule has 10 heteroatoms. The van der Waals surface area contributed by atoms with Crippen molar-refractivity contribution in [2.75, 3.05) is 17.6 Å². The average Bonchev–Trinajstić information content (AvgIpc) is 3.65. The first-order chi connectivity index (χ1) is 17.1. The molecule has 1 saturated heterocycles. The maximum atomic E-state index is 13.2. The molecule has 1 fully saturated rings. The maximum absolute atomic E-state index is 13.2. The first-order valence-electron chi connectivity index (χ1n) is 11.4. The standard InChI is InChI=1S/C25H25N7O2S/c1-30-23(18-10-12-26-13-11-18)28-29-25(30)35-17-22(33)32-16-6-9-21(32)24(34)27-19-7-2-3-8-20(19)31-14-4-5-15-31/h2-5,7-8,10-15,21H,6,9,16-17H2,1H3,(H,27,34)/t21-/m0/s1. The van der Waals surface area contributed by atoms with Gasteiger partial charge in [-0.05, 0) is 49.2 Å². The van der Waals surface area contributed by atoms with Crippen LogP contribution in [0.2, 0.25) is 0 Å². The van der Waals surface area contributed by atoms with Gasteiger partial charge < -0.3 is 19.4 Å². The quantitative estimate of drug-likeness (QED) is 0.401. The SMILES string of the molecule is Cn1c(SCC(=O)N2CCC[C@H]2C(=O)Nc2ccccc2-n2cccc2)nnc1-c1ccncc1. The van der Waals surface area contributed by atoms with E-state index in [9.17, 15) is 9.59 Å². The van der Waals surface area contributed by atoms with Gasteiger partial charge in [-0.15, -0.1) is 10.2 Å². The van der Waals surface area contributed by atoms with Gasteiger partial charge in [0.1, 0.15) is 6.04 Å². The van der Waals surface area contributed by atoms with Gasteiger partial charge in [0, 0.05) is 43.9 Å². The van der Waals surface area contributed by atoms with Crippen molar-refractivity contribution < 1.29 is 9.59 Å². The highest BCUT2D eigenvalue weighted by Crippen LogP contribution is 2.26. The molecular weight excluding hydrogens is 462 g/mol. The fourth-order valence-electron chi connectivity index (χ4n) is 4.26. The fraction of sp³-hybridized carbons (Fsp3) is 0.240. The van der Waals surface area contributed by atoms with Crippen LogP contribution in [0.4, 0.5) is 5.69 Å². The Morgan fingerprint density at radius 1 is 1.06 bits per heavy atom. The highest BCUT2D eigenvalue weighted by Gasteiger charge is 2.34. The summed E-state index contributed by atoms with van der Waals surface area (Å²) in [5.74, 6) is 0.646. The minimum atomic E-state index is -0.493. The van der Waals surface area contributed by atoms with Crippen LogP contribution in [0.15, 0.2) is 78.5 Å². The lowest BCUT2D eigenvalue weighted by Crippen LogP contribution is -2.44. The lowest BCUT2D eigenvalue weighted by atomic mass is 10.2. The third-order valence-corrected chi connectivity index (χ3v) is 7.02. The van der Waals surface area contributed by atoms with Gasteiger partial charge in [-0.1, -0.05) is 23.9 Å². The second-order valence-electron chi connectivity index (χ2n) is 8.23. The Morgan fingerprint density at radius 3 is 2.63 bits per heavy atom. The number of para-hydroxylation sites is 2. The number of rotatable bonds is 7. The molecule has 0 saturated carbocycles. The minimum Gasteiger partial charge on any atom is -0.330 e. The van der Waals surface area contributed by atoms with E-state index in [1.807, 2.05) is 77.1 Å². The van der Waals surface area contributed by atoms with Crippen molar-refractivity contribution in [1.82, 2.24) is 29.2 Å². The van der Waals surface area contributed by atoms with E-state index in [-0.39, 0.29) is 17.6 Å². The van der Waals surface area contributed by atoms with Gasteiger partial charge >= 0.3 is 0 Å². The molecule has 5 rings (SSSR count). The summed E-state index contributed by atoms with van der Waals surface area (Å²) >= 11 is 1.32. The molecule has 1 aliphatic heterocycles. The molecule has 0 radical (unpaired) electrons. The maximum Gasteiger partial charge on any atom is 0.247 e. The Kier molecular flexibility index (Phi) is 6.62. The van der Waals surface area contributed by atoms with Crippen molar-refractivity contribution >= 4 is 29.3 Å². The first-order valence-corrected chi connectivity index (χ1v) is 12.4. The monoisotopic (exact) mass is 487 g/mol. The third kappa shape index (κ3) is 4.83. The van der Waals surface area contributed by atoms with Crippen molar-refractivity contribution in [1.29, 1.82) is 0 Å². The minimum absolute atomic E-state index is 0.0835. The Balaban J connectivity index is 1.24. The summed E-state index contributed by atoms with van der Waals surface area (Å²) < 4.78 is 3.81. The molecule has 1 aromatic carbocycles. The molecule has 0 spiro atoms. The molecular formula is C25H25N7O2S. The van der Waals surface area contributed by atoms with Crippen LogP contribution in [0, 0.1) is 0 Å². The molecule has 3 aromatic heterocycles. The number of nitrogens with zero attached hydrogens (tertiary/aromatic N) is 6. The topological polar surface area (TPSA) is 97.9 Å². The van der Waals surface area contributed by atoms with E-state index >= 15 is 0 Å². The largest absolute Gasteiger partial charge is 0.330 e. The van der Waals surface area contributed by atoms with Gasteiger partial charge in [0.2, 0.25) is 11.8 Å². The van der Waals surface area contributed by atoms with E-state index in [2.05, 4.69) is 20.5 Å². The summed E-state index contributed by atoms with van der Waals surface area (Å²) in [5.41, 5.74) is 2.50. The molecule has 35 heavy (non-hydrogen) atoms. The Bertz CT molecular complexity index is 1320. The van der Waals surface area contributed by atoms with Crippen LogP contribution >= 0.6 is 11.8 Å². The van der Waals surface area contributed by atoms with Crippen LogP contribution in [-0.4, -0.2) is 59.4 Å². The second kappa shape index (κ2) is 10.1. The summed E-state index contributed by atoms with van der Waals surface area (Å²) in [4.78, 5) is 32.0. The first kappa shape index (κ1) is 22.9. The van der Waals surface area contributed by atoms with Gasteiger partial charge in [-0.25, -0.2) is 0 Å². The molecule has 0 unspecified atom stereocenters. The number of thioether (sulfide) groups is 1. The molecule has 4 heterocycles. The van der Waals surface area contributed by atoms with Crippen LogP contribution in [0.1, 0.15) is 12.8 Å². The van der Waals surface area contributed by atoms with E-state index in [0.29, 0.717) is 29.6 Å². The molecule has 1 N–H and O–H groups in total. The number of amides is 2. The lowest BCUT2D eigenvalue weighted by Gasteiger charge is -2.24. The van der Waals surface area contributed by atoms with Gasteiger partial charge in [0.25, 0.3) is 0 Å². The van der Waals surface area contributed by atoms with Crippen molar-refractivity contribution in [3.8, 4) is 17.1 Å². The van der Waals surface area contributed by atoms with Crippen molar-refractivity contribution in [2.45, 2.75) is 24.0 Å². The second-order valence-corrected chi connectivity index (χ2v) is 9.17. The lowest BCUT2D eigenvalue weighted by molar-refractivity contribution is -0.134. The van der Waals surface area contributed by atoms with Gasteiger partial charge in [-0.3, -0.25) is 14.6 Å². The third-order valence-electron chi connectivity index (χ3n) is 6.02. The number of aromatic nitrogens is 5. The van der Waals surface area contributed by atoms with Crippen LogP contribution in [0.25, 0.3) is 17.1 Å². The Morgan fingerprint density at radius 2 is 1.83 bits per heavy atom. The van der Waals surface area contributed by atoms with Crippen molar-refractivity contribution in [3.05, 3.63) is 73.3 Å². The van der Waals surface area contributed by atoms with Gasteiger partial charge in [0.15, 0.2) is 11.0 Å². The smallest absolute Gasteiger partial charge is 0.247 e. The Labute approximate surface area is 207 Å². The number of hydrogen-bond donors (Lipinski definition) is 1. The van der Waals surface area contributed by atoms with Crippen molar-refractivity contribution in [3.63, 3.8) is 0 Å². The number of benzene rings is 1. The molecule has 178 valence electrons. The van der Waals surface area contributed by atoms with E-state index in [1.54, 1.807) is 17.3 Å². The highest BCUT2D eigenvalue weighted by atomic mass is 32.2. The zero-order chi connectivity index (χ0) is 24.2. The summed E-state index contributed by atoms with van der Waals surface area (Å²) in [7, 11) is 1.87. The molecule has 0 bridgehead atoms. The molecule has 0 aliphatic carbocycles. The normalized spacial score (nSPS) is 15.3. The number of nitrogens with one attached hydrogen (secondary N) is 1. The van der Waals surface area contributed by atoms with Gasteiger partial charge in [0.05, 0.1) is 17.1 Å². The molecule has 4 aromatic rings. The van der Waals surface area contributed by atoms with Gasteiger partial charge in [-0.2, -0.15) is 0 Å². The van der Waals surface area contributed by atoms with Crippen LogP contribution < -0.4 is 5.32 Å². The van der Waals surface area contributed by atoms with E-state index in [1.165, 1.54) is 11.8 Å². The van der Waals surface area contributed by atoms with Crippen LogP contribution in [-0.2, 0) is 16.6 Å². The fourth-order valence-corrected chi connectivity index (χ4v) is 5.05. The van der Waals surface area contributed by atoms with Crippen LogP contribution in [0.5, 0.6) is 0 Å². The number of likely N-dealkylation sites (tertiary alicyclic amines) is 1. The Hall–Kier alpha value is -3.92. The van der Waals surface area contributed by atoms with E-state index in [4.69, 9.17) is 0 Å². The van der Waals surface area contributed by atoms with E-state index in [0.717, 1.165) is 17.7 Å². The average molecular weight is 488 g/mol. The molecule has 2 amide bonds. The molecule has 1 aliphatic rings. The summed E-state index contributed by atoms with van der Waals surface area (Å²) in [6.07, 6.45) is 8.71. The number of pyridine rings is 1. The summed E-state index contributed by atoms with van der Waals surface area (Å²) in [6.45, 7) is 0.567. The predicted octanol–water partition coefficient (Wildman–Crippen LogP) is 3.39. The van der Waals surface area contributed by atoms with Crippen molar-refractivity contribution in [2.24, 2.45) is 7.05 Å². The zero-order valence-electron chi connectivity index (χ0n) is 19.2. The number of anilines is 1. The molecule has 1 atom stereocenters. The highest BCUT2D eigenvalue weighted by molar-refractivity contribution is 7.99. The zero-order valence-corrected chi connectivity index (χ0v) is 20.1. The van der Waals surface area contributed by atoms with Crippen LogP contribution in [0.3, 0.4) is 0 Å². The number of carbonyl (C=O) groups is 2. The summed E-state index contributed by atoms with van der Waals surface area (Å²) in [5, 5.41) is 12.2. The summed E-state index contributed by atoms with van der Waals surface area (Å²) in [6, 6.07) is 14.8. The predicted molar refractivity (Wildman–Crippen MR) is 134 cm³/mol. The number of hydrogen-bond acceptors (Lipinski definition) is 6. The van der Waals surface area contributed by atoms with E-state index < -0.39 is 6.04 Å². The molecule has 9 nitrogen and oxygen atoms in total. The number of carbonyl (C=O) groups excluding carboxylic acids is 2.